The molecule has 5 aliphatic rings. The lowest BCUT2D eigenvalue weighted by molar-refractivity contribution is -0.162. The van der Waals surface area contributed by atoms with Gasteiger partial charge in [0.25, 0.3) is 5.92 Å². The van der Waals surface area contributed by atoms with Gasteiger partial charge in [0.05, 0.1) is 30.7 Å². The molecule has 2 saturated heterocycles. The van der Waals surface area contributed by atoms with Crippen molar-refractivity contribution in [3.05, 3.63) is 63.0 Å². The predicted molar refractivity (Wildman–Crippen MR) is 161 cm³/mol. The predicted octanol–water partition coefficient (Wildman–Crippen LogP) is 4.54. The molecule has 0 bridgehead atoms. The maximum absolute atomic E-state index is 15.9. The van der Waals surface area contributed by atoms with Crippen LogP contribution >= 0.6 is 11.3 Å². The third-order valence-electron chi connectivity index (χ3n) is 10.5. The summed E-state index contributed by atoms with van der Waals surface area (Å²) in [5.74, 6) is -4.74. The number of carboxylic acid groups (broad SMARTS) is 1. The third kappa shape index (κ3) is 5.16. The van der Waals surface area contributed by atoms with Crippen LogP contribution in [0.25, 0.3) is 0 Å². The van der Waals surface area contributed by atoms with Crippen LogP contribution in [0, 0.1) is 24.1 Å². The van der Waals surface area contributed by atoms with Gasteiger partial charge in [-0.1, -0.05) is 12.1 Å². The number of fused-ring (bicyclic) bond motifs is 1. The topological polar surface area (TPSA) is 107 Å². The Morgan fingerprint density at radius 1 is 1.22 bits per heavy atom. The van der Waals surface area contributed by atoms with Crippen LogP contribution in [-0.2, 0) is 14.3 Å². The second kappa shape index (κ2) is 11.2. The fourth-order valence-corrected chi connectivity index (χ4v) is 8.99. The van der Waals surface area contributed by atoms with E-state index in [9.17, 15) is 19.1 Å². The Morgan fingerprint density at radius 2 is 2.00 bits per heavy atom. The number of nitrogens with one attached hydrogen (secondary N) is 1. The number of hydrogen-bond acceptors (Lipinski definition) is 9. The van der Waals surface area contributed by atoms with Gasteiger partial charge in [0.2, 0.25) is 0 Å². The first-order chi connectivity index (χ1) is 21.5. The Kier molecular flexibility index (Phi) is 7.56. The van der Waals surface area contributed by atoms with Gasteiger partial charge in [0.15, 0.2) is 10.8 Å². The molecule has 3 aliphatic heterocycles. The number of aliphatic imine (C=N–C) groups is 1. The highest BCUT2D eigenvalue weighted by Gasteiger charge is 2.64. The van der Waals surface area contributed by atoms with Gasteiger partial charge in [-0.05, 0) is 68.6 Å². The van der Waals surface area contributed by atoms with E-state index in [1.807, 2.05) is 4.90 Å². The molecule has 2 aromatic rings. The third-order valence-corrected chi connectivity index (χ3v) is 11.2. The first-order valence-electron chi connectivity index (χ1n) is 15.5. The van der Waals surface area contributed by atoms with Crippen LogP contribution in [-0.4, -0.2) is 88.0 Å². The van der Waals surface area contributed by atoms with E-state index in [1.165, 1.54) is 17.4 Å². The Bertz CT molecular complexity index is 1570. The Morgan fingerprint density at radius 3 is 2.69 bits per heavy atom. The fraction of sp³-hybridized carbons (Fsp3) is 0.562. The highest BCUT2D eigenvalue weighted by atomic mass is 32.1. The largest absolute Gasteiger partial charge is 0.481 e. The maximum Gasteiger partial charge on any atom is 0.338 e. The molecule has 0 amide bonds. The number of hydrogen-bond donors (Lipinski definition) is 2. The monoisotopic (exact) mass is 643 g/mol. The van der Waals surface area contributed by atoms with E-state index < -0.39 is 48.3 Å². The highest BCUT2D eigenvalue weighted by molar-refractivity contribution is 7.11. The van der Waals surface area contributed by atoms with E-state index in [1.54, 1.807) is 42.5 Å². The summed E-state index contributed by atoms with van der Waals surface area (Å²) in [6.07, 6.45) is 4.98. The molecule has 1 aromatic heterocycles. The minimum Gasteiger partial charge on any atom is -0.481 e. The Labute approximate surface area is 263 Å². The molecule has 2 N–H and O–H groups in total. The smallest absolute Gasteiger partial charge is 0.338 e. The zero-order chi connectivity index (χ0) is 31.7. The standard InChI is InChI=1S/C32H36F3N5O4S/c1-3-44-30(43)24-22(37-27(28-36-8-10-45-28)38-25(24)20-5-4-6-21(33)17(20)2)15-39-16-32(34,35)26-23(39)7-9-40(26)19-13-31(14-19)11-18(12-31)29(41)42/h4-6,8,10,18-19,23,25-26H,3,7,9,11-16H2,1-2H3,(H,37,38)(H,41,42)/t18?,19?,23-,25-,26+,31?/m0/s1. The molecule has 7 rings (SSSR count). The average Bonchev–Trinajstić information content (AvgIpc) is 3.68. The molecule has 240 valence electrons. The number of benzene rings is 1. The van der Waals surface area contributed by atoms with Gasteiger partial charge in [-0.3, -0.25) is 19.6 Å². The van der Waals surface area contributed by atoms with Crippen molar-refractivity contribution < 1.29 is 32.6 Å². The van der Waals surface area contributed by atoms with Crippen LogP contribution in [0.2, 0.25) is 0 Å². The summed E-state index contributed by atoms with van der Waals surface area (Å²) in [6.45, 7) is 3.53. The Hall–Kier alpha value is -3.29. The molecule has 2 saturated carbocycles. The molecule has 3 atom stereocenters. The van der Waals surface area contributed by atoms with Crippen LogP contribution < -0.4 is 5.32 Å². The molecule has 1 aromatic carbocycles. The number of nitrogens with zero attached hydrogens (tertiary/aromatic N) is 4. The number of ether oxygens (including phenoxy) is 1. The van der Waals surface area contributed by atoms with Crippen LogP contribution in [0.15, 0.2) is 46.0 Å². The lowest BCUT2D eigenvalue weighted by Crippen LogP contribution is -2.60. The number of amidine groups is 1. The van der Waals surface area contributed by atoms with Crippen molar-refractivity contribution in [3.63, 3.8) is 0 Å². The summed E-state index contributed by atoms with van der Waals surface area (Å²) in [5, 5.41) is 14.9. The molecule has 1 spiro atoms. The normalized spacial score (nSPS) is 32.5. The van der Waals surface area contributed by atoms with E-state index in [2.05, 4.69) is 10.3 Å². The molecule has 2 aliphatic carbocycles. The van der Waals surface area contributed by atoms with E-state index >= 15 is 8.78 Å². The molecular weight excluding hydrogens is 607 g/mol. The molecule has 0 radical (unpaired) electrons. The first-order valence-corrected chi connectivity index (χ1v) is 16.4. The summed E-state index contributed by atoms with van der Waals surface area (Å²) < 4.78 is 52.0. The summed E-state index contributed by atoms with van der Waals surface area (Å²) >= 11 is 1.34. The second-order valence-electron chi connectivity index (χ2n) is 13.1. The number of likely N-dealkylation sites (tertiary alicyclic amines) is 2. The highest BCUT2D eigenvalue weighted by Crippen LogP contribution is 2.61. The van der Waals surface area contributed by atoms with Crippen molar-refractivity contribution in [1.82, 2.24) is 20.1 Å². The minimum absolute atomic E-state index is 0.0135. The number of thiazole rings is 1. The average molecular weight is 644 g/mol. The van der Waals surface area contributed by atoms with Gasteiger partial charge in [-0.15, -0.1) is 11.3 Å². The van der Waals surface area contributed by atoms with Crippen LogP contribution in [0.1, 0.15) is 61.2 Å². The number of carbonyl (C=O) groups is 2. The number of rotatable bonds is 8. The summed E-state index contributed by atoms with van der Waals surface area (Å²) in [6, 6.07) is 2.34. The van der Waals surface area contributed by atoms with E-state index in [0.29, 0.717) is 53.5 Å². The number of aliphatic carboxylic acids is 1. The molecule has 13 heteroatoms. The summed E-state index contributed by atoms with van der Waals surface area (Å²) in [4.78, 5) is 37.8. The lowest BCUT2D eigenvalue weighted by atomic mass is 9.49. The van der Waals surface area contributed by atoms with E-state index in [-0.39, 0.29) is 36.1 Å². The van der Waals surface area contributed by atoms with Crippen molar-refractivity contribution in [2.24, 2.45) is 16.3 Å². The summed E-state index contributed by atoms with van der Waals surface area (Å²) in [5.41, 5.74) is 1.38. The summed E-state index contributed by atoms with van der Waals surface area (Å²) in [7, 11) is 0. The number of halogens is 3. The fourth-order valence-electron chi connectivity index (χ4n) is 8.41. The SMILES string of the molecule is CCOC(=O)C1=C(CN2CC(F)(F)[C@H]3[C@@H]2CCN3C2CC3(CC(C(=O)O)C3)C2)NC(c2nccs2)=N[C@H]1c1cccc(F)c1C. The van der Waals surface area contributed by atoms with Gasteiger partial charge >= 0.3 is 11.9 Å². The molecule has 9 nitrogen and oxygen atoms in total. The quantitative estimate of drug-likeness (QED) is 0.404. The van der Waals surface area contributed by atoms with Gasteiger partial charge < -0.3 is 15.2 Å². The second-order valence-corrected chi connectivity index (χ2v) is 14.0. The van der Waals surface area contributed by atoms with Crippen LogP contribution in [0.4, 0.5) is 13.2 Å². The molecule has 4 heterocycles. The van der Waals surface area contributed by atoms with Crippen molar-refractivity contribution in [2.75, 3.05) is 26.2 Å². The maximum atomic E-state index is 15.9. The molecule has 45 heavy (non-hydrogen) atoms. The zero-order valence-electron chi connectivity index (χ0n) is 25.1. The Balaban J connectivity index is 1.19. The van der Waals surface area contributed by atoms with Crippen molar-refractivity contribution >= 4 is 29.1 Å². The van der Waals surface area contributed by atoms with Crippen LogP contribution in [0.3, 0.4) is 0 Å². The van der Waals surface area contributed by atoms with Gasteiger partial charge in [-0.25, -0.2) is 22.9 Å². The van der Waals surface area contributed by atoms with Gasteiger partial charge in [-0.2, -0.15) is 0 Å². The van der Waals surface area contributed by atoms with E-state index in [0.717, 1.165) is 12.8 Å². The number of aromatic nitrogens is 1. The van der Waals surface area contributed by atoms with Crippen molar-refractivity contribution in [2.45, 2.75) is 76.0 Å². The van der Waals surface area contributed by atoms with Gasteiger partial charge in [0, 0.05) is 42.4 Å². The number of esters is 1. The lowest BCUT2D eigenvalue weighted by Gasteiger charge is -2.59. The first kappa shape index (κ1) is 30.4. The van der Waals surface area contributed by atoms with Crippen molar-refractivity contribution in [1.29, 1.82) is 0 Å². The van der Waals surface area contributed by atoms with E-state index in [4.69, 9.17) is 9.73 Å². The molecule has 4 fully saturated rings. The van der Waals surface area contributed by atoms with Crippen LogP contribution in [0.5, 0.6) is 0 Å². The minimum atomic E-state index is -2.97. The number of carbonyl (C=O) groups excluding carboxylic acids is 1. The van der Waals surface area contributed by atoms with Gasteiger partial charge in [0.1, 0.15) is 11.9 Å². The zero-order valence-corrected chi connectivity index (χ0v) is 26.0. The number of alkyl halides is 2. The molecule has 0 unspecified atom stereocenters. The number of carboxylic acids is 1. The van der Waals surface area contributed by atoms with Crippen molar-refractivity contribution in [3.8, 4) is 0 Å². The molecular formula is C32H36F3N5O4S.